The van der Waals surface area contributed by atoms with Crippen molar-refractivity contribution in [1.29, 1.82) is 0 Å². The largest absolute Gasteiger partial charge is 0.496 e. The number of hydrogen-bond acceptors (Lipinski definition) is 6. The van der Waals surface area contributed by atoms with E-state index in [1.54, 1.807) is 7.11 Å². The minimum atomic E-state index is -0.0126. The van der Waals surface area contributed by atoms with E-state index in [1.807, 2.05) is 85.0 Å². The Balaban J connectivity index is 1.87. The van der Waals surface area contributed by atoms with E-state index in [4.69, 9.17) is 29.2 Å². The van der Waals surface area contributed by atoms with E-state index in [0.29, 0.717) is 12.5 Å². The summed E-state index contributed by atoms with van der Waals surface area (Å²) in [7, 11) is 1.68. The molecule has 3 aromatic carbocycles. The van der Waals surface area contributed by atoms with E-state index >= 15 is 0 Å². The van der Waals surface area contributed by atoms with Crippen LogP contribution in [0.1, 0.15) is 61.8 Å². The quantitative estimate of drug-likeness (QED) is 0.158. The van der Waals surface area contributed by atoms with Crippen LogP contribution in [0.25, 0.3) is 24.3 Å². The second-order valence-corrected chi connectivity index (χ2v) is 9.81. The molecule has 0 bridgehead atoms. The van der Waals surface area contributed by atoms with Gasteiger partial charge >= 0.3 is 0 Å². The monoisotopic (exact) mass is 560 g/mol. The molecule has 0 radical (unpaired) electrons. The molecule has 0 spiro atoms. The Hall–Kier alpha value is -3.74. The zero-order valence-corrected chi connectivity index (χ0v) is 24.6. The van der Waals surface area contributed by atoms with Gasteiger partial charge < -0.3 is 29.2 Å². The Morgan fingerprint density at radius 1 is 0.683 bits per heavy atom. The fourth-order valence-electron chi connectivity index (χ4n) is 4.31. The number of hydrogen-bond donors (Lipinski definition) is 2. The van der Waals surface area contributed by atoms with Gasteiger partial charge in [-0.2, -0.15) is 0 Å². The number of aliphatic hydroxyl groups is 2. The average Bonchev–Trinajstić information content (AvgIpc) is 3.02. The van der Waals surface area contributed by atoms with Crippen molar-refractivity contribution in [2.24, 2.45) is 5.92 Å². The smallest absolute Gasteiger partial charge is 0.127 e. The first kappa shape index (κ1) is 31.8. The lowest BCUT2D eigenvalue weighted by Gasteiger charge is -2.18. The topological polar surface area (TPSA) is 77.4 Å². The number of rotatable bonds is 18. The number of aliphatic hydroxyl groups excluding tert-OH is 2. The van der Waals surface area contributed by atoms with Gasteiger partial charge in [0.25, 0.3) is 0 Å². The van der Waals surface area contributed by atoms with Gasteiger partial charge in [0.1, 0.15) is 36.2 Å². The van der Waals surface area contributed by atoms with Crippen molar-refractivity contribution in [3.8, 4) is 23.0 Å². The van der Waals surface area contributed by atoms with Crippen molar-refractivity contribution in [3.63, 3.8) is 0 Å². The maximum absolute atomic E-state index is 8.97. The molecule has 0 saturated heterocycles. The lowest BCUT2D eigenvalue weighted by atomic mass is 10.0. The Bertz CT molecular complexity index is 1210. The first-order chi connectivity index (χ1) is 20.1. The molecule has 0 heterocycles. The standard InChI is InChI=1S/C35H44O6/c1-4-6-7-27(5-2)26-41-35-25-30(14-8-28-10-16-32(17-11-28)39-22-20-36)34(38-3)24-31(35)15-9-29-12-18-33(19-13-29)40-23-21-37/h8-19,24-25,27,36-37H,4-7,20-23,26H2,1-3H3/b14-8+,15-9+. The van der Waals surface area contributed by atoms with Gasteiger partial charge in [0, 0.05) is 11.1 Å². The van der Waals surface area contributed by atoms with Crippen LogP contribution in [0.2, 0.25) is 0 Å². The van der Waals surface area contributed by atoms with Crippen LogP contribution in [0.15, 0.2) is 60.7 Å². The molecule has 0 fully saturated rings. The molecule has 0 aliphatic heterocycles. The molecule has 0 aliphatic carbocycles. The van der Waals surface area contributed by atoms with Crippen LogP contribution in [-0.2, 0) is 0 Å². The van der Waals surface area contributed by atoms with Gasteiger partial charge in [-0.3, -0.25) is 0 Å². The highest BCUT2D eigenvalue weighted by atomic mass is 16.5. The first-order valence-corrected chi connectivity index (χ1v) is 14.5. The predicted octanol–water partition coefficient (Wildman–Crippen LogP) is 7.37. The van der Waals surface area contributed by atoms with Crippen molar-refractivity contribution in [2.45, 2.75) is 39.5 Å². The summed E-state index contributed by atoms with van der Waals surface area (Å²) in [5.74, 6) is 3.52. The minimum Gasteiger partial charge on any atom is -0.496 e. The van der Waals surface area contributed by atoms with Gasteiger partial charge in [0.15, 0.2) is 0 Å². The van der Waals surface area contributed by atoms with Gasteiger partial charge in [0.05, 0.1) is 26.9 Å². The van der Waals surface area contributed by atoms with Crippen LogP contribution in [0.4, 0.5) is 0 Å². The average molecular weight is 561 g/mol. The molecular formula is C35H44O6. The summed E-state index contributed by atoms with van der Waals surface area (Å²) in [5, 5.41) is 17.9. The number of ether oxygens (including phenoxy) is 4. The fourth-order valence-corrected chi connectivity index (χ4v) is 4.31. The van der Waals surface area contributed by atoms with Crippen molar-refractivity contribution in [2.75, 3.05) is 40.1 Å². The summed E-state index contributed by atoms with van der Waals surface area (Å²) in [6.07, 6.45) is 12.8. The van der Waals surface area contributed by atoms with E-state index in [0.717, 1.165) is 58.1 Å². The highest BCUT2D eigenvalue weighted by Crippen LogP contribution is 2.33. The van der Waals surface area contributed by atoms with Gasteiger partial charge in [-0.15, -0.1) is 0 Å². The Labute approximate surface area is 244 Å². The summed E-state index contributed by atoms with van der Waals surface area (Å²) in [5.41, 5.74) is 3.91. The summed E-state index contributed by atoms with van der Waals surface area (Å²) in [6, 6.07) is 19.6. The van der Waals surface area contributed by atoms with Crippen LogP contribution < -0.4 is 18.9 Å². The molecule has 6 heteroatoms. The molecule has 6 nitrogen and oxygen atoms in total. The number of benzene rings is 3. The second-order valence-electron chi connectivity index (χ2n) is 9.81. The van der Waals surface area contributed by atoms with Crippen molar-refractivity contribution < 1.29 is 29.2 Å². The molecule has 3 aromatic rings. The van der Waals surface area contributed by atoms with Crippen LogP contribution >= 0.6 is 0 Å². The second kappa shape index (κ2) is 17.8. The van der Waals surface area contributed by atoms with Crippen LogP contribution in [-0.4, -0.2) is 50.4 Å². The summed E-state index contributed by atoms with van der Waals surface area (Å²) >= 11 is 0. The molecule has 0 amide bonds. The summed E-state index contributed by atoms with van der Waals surface area (Å²) in [6.45, 7) is 5.64. The minimum absolute atomic E-state index is 0.0125. The molecule has 3 rings (SSSR count). The van der Waals surface area contributed by atoms with Crippen molar-refractivity contribution in [3.05, 3.63) is 82.9 Å². The van der Waals surface area contributed by atoms with Crippen molar-refractivity contribution in [1.82, 2.24) is 0 Å². The normalized spacial score (nSPS) is 12.1. The van der Waals surface area contributed by atoms with Gasteiger partial charge in [-0.25, -0.2) is 0 Å². The van der Waals surface area contributed by atoms with Gasteiger partial charge in [-0.05, 0) is 59.9 Å². The molecule has 1 atom stereocenters. The van der Waals surface area contributed by atoms with E-state index in [-0.39, 0.29) is 26.4 Å². The van der Waals surface area contributed by atoms with Crippen LogP contribution in [0, 0.1) is 5.92 Å². The molecule has 1 unspecified atom stereocenters. The summed E-state index contributed by atoms with van der Waals surface area (Å²) in [4.78, 5) is 0. The lowest BCUT2D eigenvalue weighted by Crippen LogP contribution is -2.12. The fraction of sp³-hybridized carbons (Fsp3) is 0.371. The number of methoxy groups -OCH3 is 1. The molecular weight excluding hydrogens is 516 g/mol. The third-order valence-corrected chi connectivity index (χ3v) is 6.77. The van der Waals surface area contributed by atoms with E-state index in [2.05, 4.69) is 13.8 Å². The lowest BCUT2D eigenvalue weighted by molar-refractivity contribution is 0.201. The predicted molar refractivity (Wildman–Crippen MR) is 168 cm³/mol. The molecule has 41 heavy (non-hydrogen) atoms. The van der Waals surface area contributed by atoms with Crippen LogP contribution in [0.5, 0.6) is 23.0 Å². The molecule has 0 aromatic heterocycles. The zero-order valence-electron chi connectivity index (χ0n) is 24.6. The van der Waals surface area contributed by atoms with E-state index in [1.165, 1.54) is 12.8 Å². The zero-order chi connectivity index (χ0) is 29.3. The van der Waals surface area contributed by atoms with Gasteiger partial charge in [-0.1, -0.05) is 81.7 Å². The Kier molecular flexibility index (Phi) is 13.8. The van der Waals surface area contributed by atoms with Crippen molar-refractivity contribution >= 4 is 24.3 Å². The summed E-state index contributed by atoms with van der Waals surface area (Å²) < 4.78 is 23.2. The maximum atomic E-state index is 8.97. The first-order valence-electron chi connectivity index (χ1n) is 14.5. The molecule has 220 valence electrons. The molecule has 0 aliphatic rings. The van der Waals surface area contributed by atoms with Gasteiger partial charge in [0.2, 0.25) is 0 Å². The van der Waals surface area contributed by atoms with Crippen LogP contribution in [0.3, 0.4) is 0 Å². The van der Waals surface area contributed by atoms with E-state index in [9.17, 15) is 0 Å². The number of unbranched alkanes of at least 4 members (excludes halogenated alkanes) is 1. The highest BCUT2D eigenvalue weighted by molar-refractivity contribution is 5.79. The Morgan fingerprint density at radius 3 is 1.66 bits per heavy atom. The van der Waals surface area contributed by atoms with E-state index < -0.39 is 0 Å². The molecule has 0 saturated carbocycles. The SMILES string of the molecule is CCCCC(CC)COc1cc(/C=C/c2ccc(OCCO)cc2)c(OC)cc1/C=C/c1ccc(OCCO)cc1. The third kappa shape index (κ3) is 10.6. The maximum Gasteiger partial charge on any atom is 0.127 e. The third-order valence-electron chi connectivity index (χ3n) is 6.77. The molecule has 2 N–H and O–H groups in total. The Morgan fingerprint density at radius 2 is 1.20 bits per heavy atom. The highest BCUT2D eigenvalue weighted by Gasteiger charge is 2.12.